The molecule has 20 heavy (non-hydrogen) atoms. The van der Waals surface area contributed by atoms with Gasteiger partial charge in [0, 0.05) is 16.3 Å². The number of thioether (sulfide) groups is 1. The Kier molecular flexibility index (Phi) is 4.97. The number of rotatable bonds is 5. The molecule has 1 aliphatic rings. The first-order valence-corrected chi connectivity index (χ1v) is 7.56. The van der Waals surface area contributed by atoms with Gasteiger partial charge in [0.15, 0.2) is 0 Å². The Bertz CT molecular complexity index is 538. The molecule has 2 aromatic rings. The molecule has 2 nitrogen and oxygen atoms in total. The first kappa shape index (κ1) is 15.2. The van der Waals surface area contributed by atoms with Crippen molar-refractivity contribution in [2.45, 2.75) is 29.2 Å². The normalized spacial score (nSPS) is 15.2. The van der Waals surface area contributed by atoms with E-state index in [1.807, 2.05) is 11.8 Å². The van der Waals surface area contributed by atoms with Gasteiger partial charge in [-0.05, 0) is 42.7 Å². The van der Waals surface area contributed by atoms with E-state index in [1.165, 1.54) is 10.5 Å². The molecule has 1 aliphatic carbocycles. The van der Waals surface area contributed by atoms with Crippen LogP contribution in [-0.4, -0.2) is 5.66 Å². The summed E-state index contributed by atoms with van der Waals surface area (Å²) in [5, 5.41) is 3.36. The molecule has 0 saturated heterocycles. The summed E-state index contributed by atoms with van der Waals surface area (Å²) in [4.78, 5) is 1.29. The number of anilines is 1. The molecule has 0 amide bonds. The third-order valence-corrected chi connectivity index (χ3v) is 4.37. The molecule has 0 bridgehead atoms. The molecular formula is C16H19ClN2S. The molecule has 4 heteroatoms. The maximum atomic E-state index is 6.04. The molecule has 3 rings (SSSR count). The van der Waals surface area contributed by atoms with E-state index in [0.717, 1.165) is 24.3 Å². The second kappa shape index (κ2) is 6.53. The Morgan fingerprint density at radius 2 is 1.65 bits per heavy atom. The van der Waals surface area contributed by atoms with Crippen LogP contribution in [0, 0.1) is 0 Å². The van der Waals surface area contributed by atoms with Gasteiger partial charge in [-0.1, -0.05) is 30.3 Å². The highest BCUT2D eigenvalue weighted by molar-refractivity contribution is 7.98. The summed E-state index contributed by atoms with van der Waals surface area (Å²) in [6, 6.07) is 19.1. The summed E-state index contributed by atoms with van der Waals surface area (Å²) in [6.07, 6.45) is 2.13. The Balaban J connectivity index is 0.00000147. The number of benzene rings is 2. The lowest BCUT2D eigenvalue weighted by atomic mass is 10.2. The van der Waals surface area contributed by atoms with E-state index in [4.69, 9.17) is 5.73 Å². The van der Waals surface area contributed by atoms with Crippen LogP contribution in [-0.2, 0) is 5.75 Å². The van der Waals surface area contributed by atoms with Gasteiger partial charge in [-0.2, -0.15) is 0 Å². The molecule has 3 N–H and O–H groups in total. The highest BCUT2D eigenvalue weighted by Gasteiger charge is 2.37. The molecule has 0 unspecified atom stereocenters. The predicted molar refractivity (Wildman–Crippen MR) is 89.5 cm³/mol. The summed E-state index contributed by atoms with van der Waals surface area (Å²) in [7, 11) is 0. The zero-order valence-corrected chi connectivity index (χ0v) is 12.8. The van der Waals surface area contributed by atoms with E-state index in [-0.39, 0.29) is 18.1 Å². The highest BCUT2D eigenvalue weighted by atomic mass is 35.5. The van der Waals surface area contributed by atoms with E-state index in [1.54, 1.807) is 0 Å². The maximum Gasteiger partial charge on any atom is 0.0859 e. The first-order chi connectivity index (χ1) is 9.23. The third-order valence-electron chi connectivity index (χ3n) is 3.28. The van der Waals surface area contributed by atoms with Crippen LogP contribution >= 0.6 is 24.2 Å². The number of hydrogen-bond acceptors (Lipinski definition) is 3. The van der Waals surface area contributed by atoms with Crippen LogP contribution < -0.4 is 11.1 Å². The summed E-state index contributed by atoms with van der Waals surface area (Å²) in [6.45, 7) is 0. The Morgan fingerprint density at radius 1 is 1.00 bits per heavy atom. The van der Waals surface area contributed by atoms with Crippen LogP contribution in [0.2, 0.25) is 0 Å². The van der Waals surface area contributed by atoms with Crippen molar-refractivity contribution in [1.29, 1.82) is 0 Å². The number of nitrogens with one attached hydrogen (secondary N) is 1. The van der Waals surface area contributed by atoms with Crippen molar-refractivity contribution < 1.29 is 0 Å². The van der Waals surface area contributed by atoms with Crippen molar-refractivity contribution in [2.75, 3.05) is 5.32 Å². The van der Waals surface area contributed by atoms with Gasteiger partial charge in [-0.25, -0.2) is 0 Å². The van der Waals surface area contributed by atoms with E-state index in [0.29, 0.717) is 0 Å². The van der Waals surface area contributed by atoms with Crippen molar-refractivity contribution in [3.8, 4) is 0 Å². The monoisotopic (exact) mass is 306 g/mol. The predicted octanol–water partition coefficient (Wildman–Crippen LogP) is 4.26. The number of halogens is 1. The second-order valence-electron chi connectivity index (χ2n) is 5.08. The lowest BCUT2D eigenvalue weighted by molar-refractivity contribution is 0.781. The molecule has 106 valence electrons. The lowest BCUT2D eigenvalue weighted by Gasteiger charge is -2.13. The van der Waals surface area contributed by atoms with Gasteiger partial charge in [0.2, 0.25) is 0 Å². The van der Waals surface area contributed by atoms with Crippen LogP contribution in [0.15, 0.2) is 59.5 Å². The fourth-order valence-electron chi connectivity index (χ4n) is 1.92. The van der Waals surface area contributed by atoms with E-state index < -0.39 is 0 Å². The summed E-state index contributed by atoms with van der Waals surface area (Å²) < 4.78 is 0. The first-order valence-electron chi connectivity index (χ1n) is 6.57. The third kappa shape index (κ3) is 4.17. The summed E-state index contributed by atoms with van der Waals surface area (Å²) in [5.41, 5.74) is 8.36. The Morgan fingerprint density at radius 3 is 2.25 bits per heavy atom. The van der Waals surface area contributed by atoms with Crippen LogP contribution in [0.5, 0.6) is 0 Å². The minimum Gasteiger partial charge on any atom is -0.367 e. The largest absolute Gasteiger partial charge is 0.367 e. The van der Waals surface area contributed by atoms with Crippen molar-refractivity contribution in [2.24, 2.45) is 5.73 Å². The van der Waals surface area contributed by atoms with Gasteiger partial charge in [0.05, 0.1) is 5.66 Å². The molecule has 0 spiro atoms. The van der Waals surface area contributed by atoms with Crippen molar-refractivity contribution in [3.63, 3.8) is 0 Å². The summed E-state index contributed by atoms with van der Waals surface area (Å²) in [5.74, 6) is 1.01. The standard InChI is InChI=1S/C16H18N2S.ClH/c17-16(10-11-16)18-14-6-8-15(9-7-14)19-12-13-4-2-1-3-5-13;/h1-9,18H,10-12,17H2;1H. The zero-order valence-electron chi connectivity index (χ0n) is 11.2. The van der Waals surface area contributed by atoms with Gasteiger partial charge in [0.25, 0.3) is 0 Å². The molecule has 0 radical (unpaired) electrons. The average Bonchev–Trinajstić information content (AvgIpc) is 3.17. The smallest absolute Gasteiger partial charge is 0.0859 e. The quantitative estimate of drug-likeness (QED) is 0.640. The van der Waals surface area contributed by atoms with Crippen molar-refractivity contribution >= 4 is 29.9 Å². The molecule has 0 atom stereocenters. The van der Waals surface area contributed by atoms with Gasteiger partial charge in [-0.3, -0.25) is 0 Å². The van der Waals surface area contributed by atoms with E-state index in [9.17, 15) is 0 Å². The van der Waals surface area contributed by atoms with Crippen LogP contribution in [0.1, 0.15) is 18.4 Å². The fraction of sp³-hybridized carbons (Fsp3) is 0.250. The van der Waals surface area contributed by atoms with Crippen LogP contribution in [0.4, 0.5) is 5.69 Å². The fourth-order valence-corrected chi connectivity index (χ4v) is 2.78. The lowest BCUT2D eigenvalue weighted by Crippen LogP contribution is -2.31. The minimum atomic E-state index is -0.140. The van der Waals surface area contributed by atoms with Gasteiger partial charge < -0.3 is 11.1 Å². The van der Waals surface area contributed by atoms with Crippen molar-refractivity contribution in [3.05, 3.63) is 60.2 Å². The van der Waals surface area contributed by atoms with Gasteiger partial charge >= 0.3 is 0 Å². The SMILES string of the molecule is Cl.NC1(Nc2ccc(SCc3ccccc3)cc2)CC1. The average molecular weight is 307 g/mol. The maximum absolute atomic E-state index is 6.04. The second-order valence-corrected chi connectivity index (χ2v) is 6.13. The Labute approximate surface area is 130 Å². The Hall–Kier alpha value is -1.16. The zero-order chi connectivity index (χ0) is 13.1. The number of nitrogens with two attached hydrogens (primary N) is 1. The van der Waals surface area contributed by atoms with Crippen LogP contribution in [0.25, 0.3) is 0 Å². The molecular weight excluding hydrogens is 288 g/mol. The molecule has 1 saturated carbocycles. The highest BCUT2D eigenvalue weighted by Crippen LogP contribution is 2.33. The molecule has 0 aliphatic heterocycles. The topological polar surface area (TPSA) is 38.0 Å². The van der Waals surface area contributed by atoms with Crippen LogP contribution in [0.3, 0.4) is 0 Å². The summed E-state index contributed by atoms with van der Waals surface area (Å²) >= 11 is 1.86. The molecule has 2 aromatic carbocycles. The van der Waals surface area contributed by atoms with Crippen molar-refractivity contribution in [1.82, 2.24) is 0 Å². The molecule has 1 fully saturated rings. The number of hydrogen-bond donors (Lipinski definition) is 2. The van der Waals surface area contributed by atoms with E-state index >= 15 is 0 Å². The molecule has 0 heterocycles. The molecule has 0 aromatic heterocycles. The van der Waals surface area contributed by atoms with E-state index in [2.05, 4.69) is 59.9 Å². The van der Waals surface area contributed by atoms with Gasteiger partial charge in [0.1, 0.15) is 0 Å². The van der Waals surface area contributed by atoms with Gasteiger partial charge in [-0.15, -0.1) is 24.2 Å². The minimum absolute atomic E-state index is 0.